The third kappa shape index (κ3) is 3.53. The Balaban J connectivity index is 1.79. The molecule has 2 aromatic carbocycles. The average Bonchev–Trinajstić information content (AvgIpc) is 3.18. The van der Waals surface area contributed by atoms with Gasteiger partial charge >= 0.3 is 0 Å². The summed E-state index contributed by atoms with van der Waals surface area (Å²) in [5.74, 6) is 0.785. The molecule has 4 rings (SSSR count). The number of thiol groups is 1. The minimum atomic E-state index is -0.618. The van der Waals surface area contributed by atoms with Crippen molar-refractivity contribution in [2.24, 2.45) is 0 Å². The summed E-state index contributed by atoms with van der Waals surface area (Å²) in [4.78, 5) is 14.3. The number of furan rings is 1. The predicted octanol–water partition coefficient (Wildman–Crippen LogP) is 4.86. The Kier molecular flexibility index (Phi) is 4.91. The number of hydrogen-bond acceptors (Lipinski definition) is 5. The first-order valence-corrected chi connectivity index (χ1v) is 9.59. The van der Waals surface area contributed by atoms with Crippen LogP contribution in [-0.2, 0) is 4.79 Å². The minimum Gasteiger partial charge on any atom is -0.457 e. The molecule has 2 heterocycles. The molecule has 1 aliphatic rings. The molecule has 1 N–H and O–H groups in total. The van der Waals surface area contributed by atoms with E-state index in [-0.39, 0.29) is 5.57 Å². The topological polar surface area (TPSA) is 69.3 Å². The van der Waals surface area contributed by atoms with Crippen LogP contribution in [0.15, 0.2) is 75.7 Å². The Morgan fingerprint density at radius 1 is 1.07 bits per heavy atom. The lowest BCUT2D eigenvalue weighted by molar-refractivity contribution is -0.118. The summed E-state index contributed by atoms with van der Waals surface area (Å²) in [5.41, 5.74) is 3.94. The molecule has 5 nitrogen and oxygen atoms in total. The van der Waals surface area contributed by atoms with Crippen molar-refractivity contribution in [2.45, 2.75) is 20.0 Å². The van der Waals surface area contributed by atoms with E-state index in [0.29, 0.717) is 16.5 Å². The van der Waals surface area contributed by atoms with Crippen LogP contribution in [0.1, 0.15) is 23.1 Å². The average molecular weight is 401 g/mol. The second-order valence-corrected chi connectivity index (χ2v) is 7.39. The van der Waals surface area contributed by atoms with Crippen LogP contribution in [0.5, 0.6) is 0 Å². The Morgan fingerprint density at radius 3 is 2.52 bits per heavy atom. The van der Waals surface area contributed by atoms with Gasteiger partial charge in [-0.1, -0.05) is 42.0 Å². The first kappa shape index (κ1) is 18.9. The number of rotatable bonds is 3. The molecule has 1 aliphatic heterocycles. The van der Waals surface area contributed by atoms with E-state index >= 15 is 0 Å². The number of benzene rings is 2. The normalized spacial score (nSPS) is 16.6. The maximum atomic E-state index is 12.5. The van der Waals surface area contributed by atoms with E-state index in [4.69, 9.17) is 4.42 Å². The molecule has 0 radical (unpaired) electrons. The quantitative estimate of drug-likeness (QED) is 0.615. The van der Waals surface area contributed by atoms with Crippen LogP contribution >= 0.6 is 12.6 Å². The van der Waals surface area contributed by atoms with Crippen LogP contribution in [0.3, 0.4) is 0 Å². The molecule has 0 saturated heterocycles. The molecule has 1 unspecified atom stereocenters. The maximum Gasteiger partial charge on any atom is 0.266 e. The van der Waals surface area contributed by atoms with Gasteiger partial charge in [0.05, 0.1) is 5.03 Å². The van der Waals surface area contributed by atoms with Gasteiger partial charge < -0.3 is 14.6 Å². The van der Waals surface area contributed by atoms with Crippen LogP contribution in [-0.4, -0.2) is 5.91 Å². The van der Waals surface area contributed by atoms with Crippen molar-refractivity contribution in [3.8, 4) is 17.4 Å². The summed E-state index contributed by atoms with van der Waals surface area (Å²) in [6.45, 7) is 4.01. The Labute approximate surface area is 174 Å². The van der Waals surface area contributed by atoms with E-state index in [1.165, 1.54) is 5.56 Å². The molecule has 1 amide bonds. The highest BCUT2D eigenvalue weighted by molar-refractivity contribution is 7.84. The molecule has 3 aromatic rings. The summed E-state index contributed by atoms with van der Waals surface area (Å²) in [6, 6.07) is 21.5. The lowest BCUT2D eigenvalue weighted by Crippen LogP contribution is -2.45. The molecule has 144 valence electrons. The van der Waals surface area contributed by atoms with E-state index in [0.717, 1.165) is 16.8 Å². The first-order chi connectivity index (χ1) is 14.0. The fourth-order valence-corrected chi connectivity index (χ4v) is 3.71. The van der Waals surface area contributed by atoms with Crippen molar-refractivity contribution in [1.29, 1.82) is 5.26 Å². The highest BCUT2D eigenvalue weighted by Gasteiger charge is 2.35. The Bertz CT molecular complexity index is 1160. The Hall–Kier alpha value is -3.43. The number of anilines is 1. The summed E-state index contributed by atoms with van der Waals surface area (Å²) < 4.78 is 6.10. The van der Waals surface area contributed by atoms with Crippen molar-refractivity contribution >= 4 is 24.2 Å². The molecule has 29 heavy (non-hydrogen) atoms. The zero-order valence-electron chi connectivity index (χ0n) is 16.0. The standard InChI is InChI=1S/C23H19N3O2S/c1-14-6-8-16(9-7-14)19-10-11-20(28-19)21-25-22(27)18(13-24)23(29)26(21)17-5-3-4-15(2)12-17/h3-12,21,29H,1-2H3,(H,25,27). The van der Waals surface area contributed by atoms with Gasteiger partial charge in [-0.3, -0.25) is 4.79 Å². The van der Waals surface area contributed by atoms with E-state index in [1.54, 1.807) is 4.90 Å². The van der Waals surface area contributed by atoms with Crippen molar-refractivity contribution in [3.05, 3.63) is 88.2 Å². The summed E-state index contributed by atoms with van der Waals surface area (Å²) in [5, 5.41) is 12.6. The van der Waals surface area contributed by atoms with Gasteiger partial charge in [0.15, 0.2) is 6.17 Å². The molecule has 6 heteroatoms. The number of carbonyl (C=O) groups is 1. The van der Waals surface area contributed by atoms with Crippen LogP contribution in [0, 0.1) is 25.2 Å². The first-order valence-electron chi connectivity index (χ1n) is 9.15. The van der Waals surface area contributed by atoms with Gasteiger partial charge in [0, 0.05) is 11.3 Å². The highest BCUT2D eigenvalue weighted by Crippen LogP contribution is 2.37. The fraction of sp³-hybridized carbons (Fsp3) is 0.130. The zero-order valence-corrected chi connectivity index (χ0v) is 16.9. The number of carbonyl (C=O) groups excluding carboxylic acids is 1. The number of nitriles is 1. The third-order valence-electron chi connectivity index (χ3n) is 4.83. The van der Waals surface area contributed by atoms with Gasteiger partial charge in [0.25, 0.3) is 5.91 Å². The lowest BCUT2D eigenvalue weighted by Gasteiger charge is -2.36. The molecular formula is C23H19N3O2S. The maximum absolute atomic E-state index is 12.5. The van der Waals surface area contributed by atoms with Gasteiger partial charge in [-0.15, -0.1) is 12.6 Å². The number of hydrogen-bond donors (Lipinski definition) is 2. The minimum absolute atomic E-state index is 0.0311. The lowest BCUT2D eigenvalue weighted by atomic mass is 10.1. The van der Waals surface area contributed by atoms with Crippen molar-refractivity contribution in [3.63, 3.8) is 0 Å². The third-order valence-corrected chi connectivity index (χ3v) is 5.27. The van der Waals surface area contributed by atoms with Crippen LogP contribution in [0.25, 0.3) is 11.3 Å². The zero-order chi connectivity index (χ0) is 20.5. The molecule has 0 aliphatic carbocycles. The second kappa shape index (κ2) is 7.53. The number of amides is 1. The van der Waals surface area contributed by atoms with E-state index < -0.39 is 12.1 Å². The SMILES string of the molecule is Cc1ccc(-c2ccc(C3NC(=O)C(C#N)=C(S)N3c3cccc(C)c3)o2)cc1. The smallest absolute Gasteiger partial charge is 0.266 e. The highest BCUT2D eigenvalue weighted by atomic mass is 32.1. The van der Waals surface area contributed by atoms with Gasteiger partial charge in [0.1, 0.15) is 23.2 Å². The van der Waals surface area contributed by atoms with Crippen LogP contribution in [0.4, 0.5) is 5.69 Å². The van der Waals surface area contributed by atoms with Crippen LogP contribution < -0.4 is 10.2 Å². The van der Waals surface area contributed by atoms with Crippen molar-refractivity contribution in [1.82, 2.24) is 5.32 Å². The molecule has 0 spiro atoms. The van der Waals surface area contributed by atoms with E-state index in [2.05, 4.69) is 17.9 Å². The van der Waals surface area contributed by atoms with Gasteiger partial charge in [0.2, 0.25) is 0 Å². The second-order valence-electron chi connectivity index (χ2n) is 6.96. The number of nitrogens with one attached hydrogen (secondary N) is 1. The summed E-state index contributed by atoms with van der Waals surface area (Å²) >= 11 is 4.51. The van der Waals surface area contributed by atoms with Crippen molar-refractivity contribution in [2.75, 3.05) is 4.90 Å². The summed E-state index contributed by atoms with van der Waals surface area (Å²) in [7, 11) is 0. The van der Waals surface area contributed by atoms with Crippen molar-refractivity contribution < 1.29 is 9.21 Å². The van der Waals surface area contributed by atoms with E-state index in [1.807, 2.05) is 80.6 Å². The number of aryl methyl sites for hydroxylation is 2. The van der Waals surface area contributed by atoms with Gasteiger partial charge in [-0.25, -0.2) is 0 Å². The monoisotopic (exact) mass is 401 g/mol. The fourth-order valence-electron chi connectivity index (χ4n) is 3.33. The molecule has 1 atom stereocenters. The molecule has 0 bridgehead atoms. The molecule has 1 aromatic heterocycles. The van der Waals surface area contributed by atoms with E-state index in [9.17, 15) is 10.1 Å². The largest absolute Gasteiger partial charge is 0.457 e. The predicted molar refractivity (Wildman–Crippen MR) is 115 cm³/mol. The summed E-state index contributed by atoms with van der Waals surface area (Å²) in [6.07, 6.45) is -0.618. The van der Waals surface area contributed by atoms with Gasteiger partial charge in [-0.2, -0.15) is 5.26 Å². The molecule has 0 fully saturated rings. The van der Waals surface area contributed by atoms with Crippen LogP contribution in [0.2, 0.25) is 0 Å². The Morgan fingerprint density at radius 2 is 1.83 bits per heavy atom. The van der Waals surface area contributed by atoms with Gasteiger partial charge in [-0.05, 0) is 43.7 Å². The molecular weight excluding hydrogens is 382 g/mol. The number of nitrogens with zero attached hydrogens (tertiary/aromatic N) is 2. The molecule has 0 saturated carbocycles.